The molecule has 1 atom stereocenters. The Hall–Kier alpha value is -2.03. The number of hydrogen-bond acceptors (Lipinski definition) is 6. The lowest BCUT2D eigenvalue weighted by atomic mass is 9.75. The van der Waals surface area contributed by atoms with E-state index in [1.165, 1.54) is 11.1 Å². The third kappa shape index (κ3) is 4.59. The van der Waals surface area contributed by atoms with Gasteiger partial charge in [0.15, 0.2) is 11.4 Å². The van der Waals surface area contributed by atoms with Crippen LogP contribution in [0.1, 0.15) is 32.7 Å². The fraction of sp³-hybridized carbons (Fsp3) is 0.233. The van der Waals surface area contributed by atoms with E-state index in [0.717, 1.165) is 53.7 Å². The van der Waals surface area contributed by atoms with Gasteiger partial charge in [-0.3, -0.25) is 4.79 Å². The van der Waals surface area contributed by atoms with Gasteiger partial charge in [-0.2, -0.15) is 0 Å². The van der Waals surface area contributed by atoms with Crippen molar-refractivity contribution in [1.29, 1.82) is 0 Å². The molecule has 0 bridgehead atoms. The van der Waals surface area contributed by atoms with Gasteiger partial charge in [0.1, 0.15) is 0 Å². The smallest absolute Gasteiger partial charge is 0.197 e. The van der Waals surface area contributed by atoms with E-state index in [2.05, 4.69) is 67.4 Å². The maximum Gasteiger partial charge on any atom is 0.197 e. The molecular weight excluding hydrogens is 535 g/mol. The molecule has 3 aromatic rings. The molecule has 0 spiro atoms. The van der Waals surface area contributed by atoms with Gasteiger partial charge in [0.25, 0.3) is 0 Å². The highest BCUT2D eigenvalue weighted by Crippen LogP contribution is 2.56. The molecular formula is C30H27NO2S4. The molecule has 3 nitrogen and oxygen atoms in total. The van der Waals surface area contributed by atoms with E-state index in [-0.39, 0.29) is 5.78 Å². The zero-order chi connectivity index (χ0) is 25.6. The van der Waals surface area contributed by atoms with E-state index in [1.54, 1.807) is 47.0 Å². The Morgan fingerprint density at radius 3 is 2.03 bits per heavy atom. The Balaban J connectivity index is 1.62. The van der Waals surface area contributed by atoms with Crippen molar-refractivity contribution in [2.45, 2.75) is 19.4 Å². The molecule has 188 valence electrons. The molecule has 2 aromatic carbocycles. The summed E-state index contributed by atoms with van der Waals surface area (Å²) in [6.07, 6.45) is 5.75. The third-order valence-electron chi connectivity index (χ3n) is 6.81. The van der Waals surface area contributed by atoms with Crippen molar-refractivity contribution >= 4 is 58.9 Å². The number of aliphatic hydroxyl groups is 1. The van der Waals surface area contributed by atoms with Crippen LogP contribution in [0.2, 0.25) is 0 Å². The number of benzene rings is 2. The topological polar surface area (TPSA) is 53.1 Å². The van der Waals surface area contributed by atoms with Crippen molar-refractivity contribution in [1.82, 2.24) is 4.98 Å². The summed E-state index contributed by atoms with van der Waals surface area (Å²) >= 11 is 6.97. The minimum atomic E-state index is -1.46. The maximum atomic E-state index is 14.4. The first-order valence-electron chi connectivity index (χ1n) is 12.3. The van der Waals surface area contributed by atoms with Crippen molar-refractivity contribution in [2.24, 2.45) is 0 Å². The molecule has 2 N–H and O–H groups in total. The summed E-state index contributed by atoms with van der Waals surface area (Å²) in [5.41, 5.74) is 6.29. The maximum absolute atomic E-state index is 14.4. The molecule has 0 radical (unpaired) electrons. The fourth-order valence-electron chi connectivity index (χ4n) is 4.90. The second-order valence-electron chi connectivity index (χ2n) is 9.38. The van der Waals surface area contributed by atoms with Crippen molar-refractivity contribution < 1.29 is 9.90 Å². The molecule has 1 unspecified atom stereocenters. The molecule has 3 heterocycles. The highest BCUT2D eigenvalue weighted by molar-refractivity contribution is 8.25. The van der Waals surface area contributed by atoms with Crippen molar-refractivity contribution in [2.75, 3.05) is 23.0 Å². The highest BCUT2D eigenvalue weighted by Gasteiger charge is 2.49. The predicted molar refractivity (Wildman–Crippen MR) is 163 cm³/mol. The molecule has 3 aliphatic rings. The van der Waals surface area contributed by atoms with Gasteiger partial charge in [-0.1, -0.05) is 65.7 Å². The van der Waals surface area contributed by atoms with Gasteiger partial charge < -0.3 is 10.1 Å². The molecule has 7 heteroatoms. The summed E-state index contributed by atoms with van der Waals surface area (Å²) in [6.45, 7) is 4.13. The molecule has 2 fully saturated rings. The Labute approximate surface area is 234 Å². The van der Waals surface area contributed by atoms with Crippen LogP contribution in [-0.4, -0.2) is 38.9 Å². The Bertz CT molecular complexity index is 1450. The van der Waals surface area contributed by atoms with Gasteiger partial charge >= 0.3 is 0 Å². The summed E-state index contributed by atoms with van der Waals surface area (Å²) in [5, 5.41) is 12.7. The van der Waals surface area contributed by atoms with Crippen LogP contribution in [0, 0.1) is 13.8 Å². The van der Waals surface area contributed by atoms with Crippen LogP contribution >= 0.6 is 47.0 Å². The second kappa shape index (κ2) is 10.3. The fourth-order valence-corrected chi connectivity index (χ4v) is 10.1. The number of aryl methyl sites for hydroxylation is 2. The number of aromatic nitrogens is 1. The van der Waals surface area contributed by atoms with Crippen molar-refractivity contribution in [3.05, 3.63) is 108 Å². The number of thioether (sulfide) groups is 4. The first kappa shape index (κ1) is 25.3. The van der Waals surface area contributed by atoms with Crippen molar-refractivity contribution in [3.63, 3.8) is 0 Å². The van der Waals surface area contributed by atoms with E-state index in [4.69, 9.17) is 0 Å². The number of rotatable bonds is 3. The first-order chi connectivity index (χ1) is 18.0. The molecule has 2 aliphatic heterocycles. The second-order valence-corrected chi connectivity index (χ2v) is 14.3. The first-order valence-corrected chi connectivity index (χ1v) is 16.2. The largest absolute Gasteiger partial charge is 0.375 e. The number of fused-ring (bicyclic) bond motifs is 1. The highest BCUT2D eigenvalue weighted by atomic mass is 32.2. The zero-order valence-corrected chi connectivity index (χ0v) is 23.9. The summed E-state index contributed by atoms with van der Waals surface area (Å²) in [4.78, 5) is 17.8. The number of Topliss-reactive ketones (excluding diaryl/α,β-unsaturated/α-hetero) is 1. The lowest BCUT2D eigenvalue weighted by Crippen LogP contribution is -2.36. The minimum Gasteiger partial charge on any atom is -0.375 e. The molecule has 37 heavy (non-hydrogen) atoms. The van der Waals surface area contributed by atoms with Gasteiger partial charge in [0.2, 0.25) is 0 Å². The van der Waals surface area contributed by atoms with Gasteiger partial charge in [-0.05, 0) is 31.1 Å². The molecule has 1 aliphatic carbocycles. The van der Waals surface area contributed by atoms with Gasteiger partial charge in [0.05, 0.1) is 21.1 Å². The average Bonchev–Trinajstić information content (AvgIpc) is 3.68. The Morgan fingerprint density at radius 2 is 1.41 bits per heavy atom. The van der Waals surface area contributed by atoms with Crippen LogP contribution in [0.15, 0.2) is 80.4 Å². The summed E-state index contributed by atoms with van der Waals surface area (Å²) < 4.78 is 2.08. The van der Waals surface area contributed by atoms with Crippen LogP contribution in [0.5, 0.6) is 0 Å². The Morgan fingerprint density at radius 1 is 0.838 bits per heavy atom. The number of hydrogen-bond donors (Lipinski definition) is 2. The van der Waals surface area contributed by atoms with Crippen molar-refractivity contribution in [3.8, 4) is 11.1 Å². The quantitative estimate of drug-likeness (QED) is 0.319. The lowest BCUT2D eigenvalue weighted by molar-refractivity contribution is 0.0944. The number of carbonyl (C=O) groups is 1. The summed E-state index contributed by atoms with van der Waals surface area (Å²) in [7, 11) is 0. The van der Waals surface area contributed by atoms with Gasteiger partial charge in [-0.25, -0.2) is 0 Å². The van der Waals surface area contributed by atoms with Crippen LogP contribution in [0.3, 0.4) is 0 Å². The predicted octanol–water partition coefficient (Wildman–Crippen LogP) is 7.78. The number of H-pyrrole nitrogens is 1. The molecule has 6 rings (SSSR count). The number of nitrogens with one attached hydrogen (secondary N) is 1. The number of carbonyl (C=O) groups excluding carboxylic acids is 1. The van der Waals surface area contributed by atoms with E-state index in [1.807, 2.05) is 18.3 Å². The number of aromatic amines is 1. The monoisotopic (exact) mass is 561 g/mol. The minimum absolute atomic E-state index is 0.00716. The van der Waals surface area contributed by atoms with E-state index in [0.29, 0.717) is 16.8 Å². The average molecular weight is 562 g/mol. The molecule has 2 saturated heterocycles. The van der Waals surface area contributed by atoms with E-state index < -0.39 is 5.60 Å². The third-order valence-corrected chi connectivity index (χ3v) is 12.2. The van der Waals surface area contributed by atoms with Crippen LogP contribution in [0.4, 0.5) is 0 Å². The van der Waals surface area contributed by atoms with Crippen LogP contribution in [0.25, 0.3) is 17.2 Å². The van der Waals surface area contributed by atoms with Crippen LogP contribution < -0.4 is 0 Å². The normalized spacial score (nSPS) is 22.0. The lowest BCUT2D eigenvalue weighted by Gasteiger charge is -2.35. The van der Waals surface area contributed by atoms with E-state index in [9.17, 15) is 9.90 Å². The van der Waals surface area contributed by atoms with Gasteiger partial charge in [-0.15, -0.1) is 47.0 Å². The van der Waals surface area contributed by atoms with Gasteiger partial charge in [0, 0.05) is 44.6 Å². The molecule has 0 amide bonds. The number of ketones is 1. The summed E-state index contributed by atoms with van der Waals surface area (Å²) in [5.74, 6) is 3.91. The SMILES string of the molecule is Cc1ccc(/C=C/C2(O)C(=C3SCCS3)C(=C3SCCS3)C(=O)c3c(-c4ccc(C)cc4)c[nH]c32)cc1. The Kier molecular flexibility index (Phi) is 7.01. The zero-order valence-electron chi connectivity index (χ0n) is 20.7. The molecule has 1 aromatic heterocycles. The van der Waals surface area contributed by atoms with Crippen LogP contribution in [-0.2, 0) is 5.60 Å². The van der Waals surface area contributed by atoms with E-state index >= 15 is 0 Å². The standard InChI is InChI=1S/C30H27NO2S4/c1-18-3-7-20(8-4-18)11-12-30(33)25(29-36-15-16-37-29)24(28-34-13-14-35-28)26(32)23-22(17-31-27(23)30)21-9-5-19(2)6-10-21/h3-12,17,31,33H,13-16H2,1-2H3/b12-11+. The summed E-state index contributed by atoms with van der Waals surface area (Å²) in [6, 6.07) is 16.5. The molecule has 0 saturated carbocycles.